The van der Waals surface area contributed by atoms with Crippen molar-refractivity contribution < 1.29 is 47.6 Å². The number of fused-ring (bicyclic) bond motifs is 2. The quantitative estimate of drug-likeness (QED) is 0.115. The molecule has 3 aliphatic carbocycles. The zero-order chi connectivity index (χ0) is 40.1. The van der Waals surface area contributed by atoms with Crippen LogP contribution in [0, 0.1) is 17.8 Å². The van der Waals surface area contributed by atoms with Crippen LogP contribution >= 0.6 is 0 Å². The van der Waals surface area contributed by atoms with E-state index in [1.165, 1.54) is 12.7 Å². The largest absolute Gasteiger partial charge is 0.482 e. The molecule has 1 aromatic rings. The van der Waals surface area contributed by atoms with Gasteiger partial charge in [0.25, 0.3) is 0 Å². The summed E-state index contributed by atoms with van der Waals surface area (Å²) >= 11 is 0. The summed E-state index contributed by atoms with van der Waals surface area (Å²) < 4.78 is 38.7. The molecule has 0 N–H and O–H groups in total. The Hall–Kier alpha value is -4.06. The van der Waals surface area contributed by atoms with Crippen molar-refractivity contribution in [1.82, 2.24) is 4.90 Å². The van der Waals surface area contributed by atoms with Crippen molar-refractivity contribution in [3.8, 4) is 17.2 Å². The number of allylic oxidation sites excluding steroid dienone is 4. The molecule has 0 amide bonds. The number of benzene rings is 1. The second kappa shape index (κ2) is 13.5. The van der Waals surface area contributed by atoms with Crippen LogP contribution in [0.1, 0.15) is 109 Å². The minimum absolute atomic E-state index is 0.0139. The Morgan fingerprint density at radius 1 is 0.929 bits per heavy atom. The van der Waals surface area contributed by atoms with E-state index in [2.05, 4.69) is 30.9 Å². The van der Waals surface area contributed by atoms with Gasteiger partial charge in [-0.05, 0) is 92.7 Å². The zero-order valence-electron chi connectivity index (χ0n) is 34.2. The van der Waals surface area contributed by atoms with Gasteiger partial charge in [0.1, 0.15) is 22.7 Å². The summed E-state index contributed by atoms with van der Waals surface area (Å²) in [6.45, 7) is 17.8. The number of hydrogen-bond donors (Lipinski definition) is 0. The lowest BCUT2D eigenvalue weighted by Gasteiger charge is -2.64. The van der Waals surface area contributed by atoms with Crippen LogP contribution in [0.2, 0.25) is 0 Å². The van der Waals surface area contributed by atoms with Gasteiger partial charge in [-0.3, -0.25) is 19.3 Å². The van der Waals surface area contributed by atoms with Crippen LogP contribution < -0.4 is 14.2 Å². The fourth-order valence-corrected chi connectivity index (χ4v) is 11.1. The van der Waals surface area contributed by atoms with E-state index < -0.39 is 52.2 Å². The molecule has 4 bridgehead atoms. The first kappa shape index (κ1) is 38.8. The molecule has 5 fully saturated rings. The van der Waals surface area contributed by atoms with Crippen LogP contribution in [0.5, 0.6) is 17.2 Å². The monoisotopic (exact) mass is 769 g/mol. The molecule has 0 radical (unpaired) electrons. The second-order valence-corrected chi connectivity index (χ2v) is 18.0. The Morgan fingerprint density at radius 3 is 2.30 bits per heavy atom. The number of nitrogens with zero attached hydrogens (tertiary/aromatic N) is 1. The third-order valence-electron chi connectivity index (χ3n) is 13.4. The second-order valence-electron chi connectivity index (χ2n) is 18.0. The molecule has 56 heavy (non-hydrogen) atoms. The molecule has 0 aromatic heterocycles. The summed E-state index contributed by atoms with van der Waals surface area (Å²) in [7, 11) is 1.32. The van der Waals surface area contributed by atoms with E-state index in [9.17, 15) is 9.59 Å². The molecule has 8 aliphatic rings. The third-order valence-corrected chi connectivity index (χ3v) is 13.4. The predicted octanol–water partition coefficient (Wildman–Crippen LogP) is 6.69. The highest BCUT2D eigenvalue weighted by atomic mass is 16.6. The van der Waals surface area contributed by atoms with E-state index in [4.69, 9.17) is 28.4 Å². The Kier molecular flexibility index (Phi) is 9.37. The smallest absolute Gasteiger partial charge is 0.333 e. The van der Waals surface area contributed by atoms with Gasteiger partial charge in [0.05, 0.1) is 43.8 Å². The van der Waals surface area contributed by atoms with Crippen molar-refractivity contribution in [2.24, 2.45) is 17.8 Å². The number of ether oxygens (including phenoxy) is 6. The van der Waals surface area contributed by atoms with Crippen molar-refractivity contribution in [3.63, 3.8) is 0 Å². The van der Waals surface area contributed by atoms with Crippen LogP contribution in [0.15, 0.2) is 41.0 Å². The van der Waals surface area contributed by atoms with Crippen molar-refractivity contribution in [1.29, 1.82) is 0 Å². The summed E-state index contributed by atoms with van der Waals surface area (Å²) in [5.41, 5.74) is 0.177. The molecule has 5 aliphatic heterocycles. The van der Waals surface area contributed by atoms with Gasteiger partial charge in [-0.1, -0.05) is 29.4 Å². The van der Waals surface area contributed by atoms with Crippen LogP contribution in [-0.4, -0.2) is 90.3 Å². The number of carbonyl (C=O) groups is 4. The summed E-state index contributed by atoms with van der Waals surface area (Å²) in [6.07, 6.45) is 10.3. The Labute approximate surface area is 329 Å². The number of morpholine rings is 1. The maximum atomic E-state index is 16.0. The molecule has 2 saturated heterocycles. The Balaban J connectivity index is 1.41. The lowest BCUT2D eigenvalue weighted by molar-refractivity contribution is -0.216. The summed E-state index contributed by atoms with van der Waals surface area (Å²) in [5.74, 6) is -2.12. The number of hydrogen-bond acceptors (Lipinski definition) is 11. The highest BCUT2D eigenvalue weighted by Gasteiger charge is 2.86. The fourth-order valence-electron chi connectivity index (χ4n) is 11.1. The highest BCUT2D eigenvalue weighted by Crippen LogP contribution is 2.71. The normalized spacial score (nSPS) is 33.6. The van der Waals surface area contributed by atoms with Gasteiger partial charge in [-0.2, -0.15) is 0 Å². The van der Waals surface area contributed by atoms with E-state index in [1.54, 1.807) is 13.0 Å². The molecule has 300 valence electrons. The summed E-state index contributed by atoms with van der Waals surface area (Å²) in [4.78, 5) is 59.9. The lowest BCUT2D eigenvalue weighted by Crippen LogP contribution is -2.82. The van der Waals surface area contributed by atoms with Gasteiger partial charge in [-0.25, -0.2) is 4.79 Å². The first-order chi connectivity index (χ1) is 26.5. The molecule has 11 heteroatoms. The van der Waals surface area contributed by atoms with Gasteiger partial charge in [0.2, 0.25) is 0 Å². The molecule has 1 aromatic carbocycles. The van der Waals surface area contributed by atoms with E-state index in [0.29, 0.717) is 68.0 Å². The highest BCUT2D eigenvalue weighted by molar-refractivity contribution is 6.12. The minimum Gasteiger partial charge on any atom is -0.482 e. The van der Waals surface area contributed by atoms with Gasteiger partial charge < -0.3 is 28.4 Å². The maximum Gasteiger partial charge on any atom is 0.333 e. The van der Waals surface area contributed by atoms with Crippen LogP contribution in [0.3, 0.4) is 0 Å². The maximum absolute atomic E-state index is 16.0. The van der Waals surface area contributed by atoms with Crippen LogP contribution in [-0.2, 0) is 35.0 Å². The van der Waals surface area contributed by atoms with E-state index in [-0.39, 0.29) is 47.4 Å². The molecule has 3 saturated carbocycles. The average Bonchev–Trinajstić information content (AvgIpc) is 3.28. The number of methoxy groups -OCH3 is 1. The number of Topliss-reactive ketones (excluding diaryl/α,β-unsaturated/α-hetero) is 2. The molecule has 1 spiro atoms. The molecular formula is C45H55NO10. The molecule has 7 unspecified atom stereocenters. The van der Waals surface area contributed by atoms with Crippen LogP contribution in [0.25, 0.3) is 5.57 Å². The molecule has 9 rings (SSSR count). The SMILES string of the molecule is COC(=O)/C(C)=C\CC12OC(C)(C)C3CC(C1=O)C(N1CCOCC1)C1C(=O)c4c(c(CC=C(C)C)c5c6c4OC(=O)CC6=CC(C)(CCC=C(C)C)O5)OC132. The van der Waals surface area contributed by atoms with Gasteiger partial charge in [0.15, 0.2) is 28.5 Å². The molecule has 11 nitrogen and oxygen atoms in total. The average molecular weight is 770 g/mol. The predicted molar refractivity (Wildman–Crippen MR) is 208 cm³/mol. The van der Waals surface area contributed by atoms with Crippen LogP contribution in [0.4, 0.5) is 0 Å². The number of carbonyl (C=O) groups excluding carboxylic acids is 4. The topological polar surface area (TPSA) is 127 Å². The summed E-state index contributed by atoms with van der Waals surface area (Å²) in [6, 6.07) is -0.506. The van der Waals surface area contributed by atoms with Crippen molar-refractivity contribution >= 4 is 29.1 Å². The van der Waals surface area contributed by atoms with Gasteiger partial charge >= 0.3 is 11.9 Å². The first-order valence-corrected chi connectivity index (χ1v) is 20.1. The van der Waals surface area contributed by atoms with Crippen molar-refractivity contribution in [2.75, 3.05) is 33.4 Å². The molecule has 5 heterocycles. The van der Waals surface area contributed by atoms with Crippen molar-refractivity contribution in [3.05, 3.63) is 57.7 Å². The molecule has 7 atom stereocenters. The molecular weight excluding hydrogens is 714 g/mol. The lowest BCUT2D eigenvalue weighted by atomic mass is 9.44. The van der Waals surface area contributed by atoms with E-state index >= 15 is 9.59 Å². The Morgan fingerprint density at radius 2 is 1.62 bits per heavy atom. The fraction of sp³-hybridized carbons (Fsp3) is 0.600. The number of rotatable bonds is 9. The first-order valence-electron chi connectivity index (χ1n) is 20.1. The third kappa shape index (κ3) is 5.62. The van der Waals surface area contributed by atoms with Gasteiger partial charge in [0, 0.05) is 48.5 Å². The van der Waals surface area contributed by atoms with Crippen molar-refractivity contribution in [2.45, 2.75) is 122 Å². The van der Waals surface area contributed by atoms with Gasteiger partial charge in [-0.15, -0.1) is 0 Å². The zero-order valence-corrected chi connectivity index (χ0v) is 34.2. The standard InChI is InChI=1S/C45H55NO10/c1-24(2)11-10-15-43(8)23-27-21-31(47)53-39-32(27)37(54-43)28(13-12-25(3)4)38-33(39)36(48)34-35(46-17-19-52-20-18-46)29-22-30-42(6,7)56-44(40(29)49,45(30,34)55-38)16-14-26(5)41(50)51-9/h11-12,14,23,29-30,34-35H,10,13,15-22H2,1-9H3/b26-14-. The number of ketones is 2. The minimum atomic E-state index is -1.61. The van der Waals surface area contributed by atoms with E-state index in [1.807, 2.05) is 40.7 Å². The Bertz CT molecular complexity index is 2040. The summed E-state index contributed by atoms with van der Waals surface area (Å²) in [5, 5.41) is 0. The van der Waals surface area contributed by atoms with E-state index in [0.717, 1.165) is 17.6 Å². The number of esters is 2.